The number of hydrogen-bond acceptors (Lipinski definition) is 2. The smallest absolute Gasteiger partial charge is 0.287 e. The highest BCUT2D eigenvalue weighted by molar-refractivity contribution is 5.83. The van der Waals surface area contributed by atoms with Crippen molar-refractivity contribution < 1.29 is 18.0 Å². The SMILES string of the molecule is CCCCc1ccc(C(N2CC(C)(C)C(=O)N2)C(F)(F)F)cc1. The van der Waals surface area contributed by atoms with Crippen LogP contribution >= 0.6 is 0 Å². The number of amides is 1. The maximum absolute atomic E-state index is 13.5. The molecule has 0 spiro atoms. The van der Waals surface area contributed by atoms with Crippen LogP contribution in [0.3, 0.4) is 0 Å². The molecule has 1 aromatic carbocycles. The van der Waals surface area contributed by atoms with E-state index in [1.807, 2.05) is 0 Å². The minimum Gasteiger partial charge on any atom is -0.287 e. The molecule has 1 atom stereocenters. The van der Waals surface area contributed by atoms with Crippen molar-refractivity contribution in [3.05, 3.63) is 35.4 Å². The van der Waals surface area contributed by atoms with Crippen molar-refractivity contribution in [1.82, 2.24) is 10.4 Å². The van der Waals surface area contributed by atoms with Gasteiger partial charge in [0, 0.05) is 6.54 Å². The molecular formula is C17H23F3N2O. The molecule has 0 bridgehead atoms. The van der Waals surface area contributed by atoms with Crippen LogP contribution in [0.1, 0.15) is 50.8 Å². The van der Waals surface area contributed by atoms with E-state index < -0.39 is 17.6 Å². The second-order valence-corrected chi connectivity index (χ2v) is 6.74. The summed E-state index contributed by atoms with van der Waals surface area (Å²) in [6, 6.07) is 4.69. The molecule has 1 amide bonds. The lowest BCUT2D eigenvalue weighted by Gasteiger charge is -2.30. The molecule has 1 unspecified atom stereocenters. The van der Waals surface area contributed by atoms with Crippen molar-refractivity contribution >= 4 is 5.91 Å². The van der Waals surface area contributed by atoms with E-state index in [2.05, 4.69) is 12.3 Å². The van der Waals surface area contributed by atoms with Gasteiger partial charge in [0.05, 0.1) is 5.41 Å². The quantitative estimate of drug-likeness (QED) is 0.886. The molecule has 1 aliphatic heterocycles. The summed E-state index contributed by atoms with van der Waals surface area (Å²) in [6.45, 7) is 5.38. The first-order valence-electron chi connectivity index (χ1n) is 7.88. The molecule has 23 heavy (non-hydrogen) atoms. The van der Waals surface area contributed by atoms with Gasteiger partial charge in [0.15, 0.2) is 0 Å². The zero-order valence-electron chi connectivity index (χ0n) is 13.7. The van der Waals surface area contributed by atoms with Crippen molar-refractivity contribution in [2.45, 2.75) is 52.3 Å². The molecule has 2 rings (SSSR count). The second-order valence-electron chi connectivity index (χ2n) is 6.74. The average molecular weight is 328 g/mol. The number of unbranched alkanes of at least 4 members (excludes halogenated alkanes) is 1. The molecule has 1 aliphatic rings. The van der Waals surface area contributed by atoms with Crippen LogP contribution in [0.25, 0.3) is 0 Å². The largest absolute Gasteiger partial charge is 0.409 e. The maximum atomic E-state index is 13.5. The topological polar surface area (TPSA) is 32.3 Å². The van der Waals surface area contributed by atoms with Crippen LogP contribution < -0.4 is 5.43 Å². The van der Waals surface area contributed by atoms with Gasteiger partial charge in [0.1, 0.15) is 6.04 Å². The van der Waals surface area contributed by atoms with E-state index in [1.165, 1.54) is 12.1 Å². The normalized spacial score (nSPS) is 19.7. The third-order valence-corrected chi connectivity index (χ3v) is 4.16. The summed E-state index contributed by atoms with van der Waals surface area (Å²) in [7, 11) is 0. The van der Waals surface area contributed by atoms with Crippen molar-refractivity contribution in [2.24, 2.45) is 5.41 Å². The number of nitrogens with zero attached hydrogens (tertiary/aromatic N) is 1. The van der Waals surface area contributed by atoms with E-state index in [0.29, 0.717) is 0 Å². The van der Waals surface area contributed by atoms with Gasteiger partial charge >= 0.3 is 6.18 Å². The number of alkyl halides is 3. The highest BCUT2D eigenvalue weighted by atomic mass is 19.4. The molecule has 1 fully saturated rings. The Hall–Kier alpha value is -1.56. The lowest BCUT2D eigenvalue weighted by Crippen LogP contribution is -2.43. The molecule has 0 saturated carbocycles. The van der Waals surface area contributed by atoms with Gasteiger partial charge in [-0.1, -0.05) is 37.6 Å². The van der Waals surface area contributed by atoms with Crippen molar-refractivity contribution in [2.75, 3.05) is 6.54 Å². The molecule has 1 aromatic rings. The summed E-state index contributed by atoms with van der Waals surface area (Å²) in [4.78, 5) is 11.8. The van der Waals surface area contributed by atoms with Gasteiger partial charge in [-0.05, 0) is 37.8 Å². The van der Waals surface area contributed by atoms with Crippen LogP contribution in [0.4, 0.5) is 13.2 Å². The lowest BCUT2D eigenvalue weighted by molar-refractivity contribution is -0.191. The molecule has 0 aromatic heterocycles. The van der Waals surface area contributed by atoms with Crippen molar-refractivity contribution in [3.8, 4) is 0 Å². The van der Waals surface area contributed by atoms with Gasteiger partial charge in [-0.3, -0.25) is 10.2 Å². The highest BCUT2D eigenvalue weighted by Gasteiger charge is 2.51. The van der Waals surface area contributed by atoms with Crippen LogP contribution in [0, 0.1) is 5.41 Å². The first kappa shape index (κ1) is 17.8. The van der Waals surface area contributed by atoms with Crippen LogP contribution in [0.5, 0.6) is 0 Å². The fourth-order valence-corrected chi connectivity index (χ4v) is 2.77. The lowest BCUT2D eigenvalue weighted by atomic mass is 9.93. The maximum Gasteiger partial charge on any atom is 0.409 e. The molecule has 0 radical (unpaired) electrons. The molecule has 1 saturated heterocycles. The van der Waals surface area contributed by atoms with Crippen molar-refractivity contribution in [3.63, 3.8) is 0 Å². The number of benzene rings is 1. The van der Waals surface area contributed by atoms with E-state index in [4.69, 9.17) is 0 Å². The number of nitrogens with one attached hydrogen (secondary N) is 1. The van der Waals surface area contributed by atoms with Gasteiger partial charge in [-0.15, -0.1) is 0 Å². The number of halogens is 3. The summed E-state index contributed by atoms with van der Waals surface area (Å²) in [5.41, 5.74) is 2.72. The fourth-order valence-electron chi connectivity index (χ4n) is 2.77. The number of rotatable bonds is 5. The molecule has 3 nitrogen and oxygen atoms in total. The van der Waals surface area contributed by atoms with E-state index in [0.717, 1.165) is 29.8 Å². The van der Waals surface area contributed by atoms with E-state index in [1.54, 1.807) is 26.0 Å². The Kier molecular flexibility index (Phi) is 5.04. The Bertz CT molecular complexity index is 552. The van der Waals surface area contributed by atoms with E-state index in [9.17, 15) is 18.0 Å². The minimum absolute atomic E-state index is 0.0214. The molecule has 0 aliphatic carbocycles. The Morgan fingerprint density at radius 3 is 2.30 bits per heavy atom. The second kappa shape index (κ2) is 6.51. The summed E-state index contributed by atoms with van der Waals surface area (Å²) >= 11 is 0. The standard InChI is InChI=1S/C17H23F3N2O/c1-4-5-6-12-7-9-13(10-8-12)14(17(18,19)20)22-11-16(2,3)15(23)21-22/h7-10,14H,4-6,11H2,1-3H3,(H,21,23). The van der Waals surface area contributed by atoms with Crippen LogP contribution in [0.15, 0.2) is 24.3 Å². The fraction of sp³-hybridized carbons (Fsp3) is 0.588. The van der Waals surface area contributed by atoms with Gasteiger partial charge in [-0.25, -0.2) is 5.01 Å². The Labute approximate surface area is 134 Å². The van der Waals surface area contributed by atoms with Crippen LogP contribution in [-0.4, -0.2) is 23.6 Å². The number of carbonyl (C=O) groups is 1. The Morgan fingerprint density at radius 2 is 1.87 bits per heavy atom. The summed E-state index contributed by atoms with van der Waals surface area (Å²) in [5, 5.41) is 1.00. The molecule has 128 valence electrons. The van der Waals surface area contributed by atoms with E-state index >= 15 is 0 Å². The summed E-state index contributed by atoms with van der Waals surface area (Å²) < 4.78 is 40.6. The number of hydrogen-bond donors (Lipinski definition) is 1. The minimum atomic E-state index is -4.46. The third kappa shape index (κ3) is 4.05. The predicted molar refractivity (Wildman–Crippen MR) is 82.5 cm³/mol. The Balaban J connectivity index is 2.25. The zero-order chi connectivity index (χ0) is 17.3. The predicted octanol–water partition coefficient (Wildman–Crippen LogP) is 4.01. The van der Waals surface area contributed by atoms with Crippen LogP contribution in [-0.2, 0) is 11.2 Å². The van der Waals surface area contributed by atoms with Gasteiger partial charge in [-0.2, -0.15) is 13.2 Å². The number of carbonyl (C=O) groups excluding carboxylic acids is 1. The average Bonchev–Trinajstić information content (AvgIpc) is 2.70. The summed E-state index contributed by atoms with van der Waals surface area (Å²) in [5.74, 6) is -0.383. The van der Waals surface area contributed by atoms with Crippen LogP contribution in [0.2, 0.25) is 0 Å². The first-order chi connectivity index (χ1) is 10.6. The van der Waals surface area contributed by atoms with Gasteiger partial charge in [0.2, 0.25) is 5.91 Å². The number of aryl methyl sites for hydroxylation is 1. The van der Waals surface area contributed by atoms with Gasteiger partial charge in [0.25, 0.3) is 0 Å². The Morgan fingerprint density at radius 1 is 1.26 bits per heavy atom. The van der Waals surface area contributed by atoms with Crippen molar-refractivity contribution in [1.29, 1.82) is 0 Å². The summed E-state index contributed by atoms with van der Waals surface area (Å²) in [6.07, 6.45) is -1.54. The number of hydrazine groups is 1. The highest BCUT2D eigenvalue weighted by Crippen LogP contribution is 2.40. The molecule has 1 heterocycles. The monoisotopic (exact) mass is 328 g/mol. The van der Waals surface area contributed by atoms with E-state index in [-0.39, 0.29) is 18.0 Å². The molecule has 1 N–H and O–H groups in total. The third-order valence-electron chi connectivity index (χ3n) is 4.16. The first-order valence-corrected chi connectivity index (χ1v) is 7.88. The zero-order valence-corrected chi connectivity index (χ0v) is 13.7. The molecule has 6 heteroatoms. The molecular weight excluding hydrogens is 305 g/mol. The van der Waals surface area contributed by atoms with Gasteiger partial charge < -0.3 is 0 Å².